The summed E-state index contributed by atoms with van der Waals surface area (Å²) in [5, 5.41) is 0. The minimum atomic E-state index is -0.205. The van der Waals surface area contributed by atoms with Gasteiger partial charge >= 0.3 is 0 Å². The second-order valence-corrected chi connectivity index (χ2v) is 4.71. The third-order valence-corrected chi connectivity index (χ3v) is 3.17. The van der Waals surface area contributed by atoms with E-state index in [0.717, 1.165) is 22.5 Å². The van der Waals surface area contributed by atoms with E-state index < -0.39 is 0 Å². The zero-order valence-electron chi connectivity index (χ0n) is 10.9. The Morgan fingerprint density at radius 1 is 1.00 bits per heavy atom. The molecule has 1 aromatic carbocycles. The molecule has 0 saturated carbocycles. The van der Waals surface area contributed by atoms with Crippen molar-refractivity contribution in [3.05, 3.63) is 70.1 Å². The largest absolute Gasteiger partial charge is 0.298 e. The monoisotopic (exact) mass is 250 g/mol. The van der Waals surface area contributed by atoms with Crippen molar-refractivity contribution in [2.24, 2.45) is 0 Å². The third kappa shape index (κ3) is 2.03. The molecule has 0 aliphatic heterocycles. The van der Waals surface area contributed by atoms with Crippen LogP contribution in [-0.2, 0) is 0 Å². The van der Waals surface area contributed by atoms with Crippen molar-refractivity contribution in [1.29, 1.82) is 0 Å². The fourth-order valence-electron chi connectivity index (χ4n) is 2.43. The van der Waals surface area contributed by atoms with Gasteiger partial charge in [-0.2, -0.15) is 4.98 Å². The number of hydrogen-bond donors (Lipinski definition) is 0. The van der Waals surface area contributed by atoms with Gasteiger partial charge in [0.15, 0.2) is 0 Å². The van der Waals surface area contributed by atoms with Gasteiger partial charge in [-0.25, -0.2) is 0 Å². The van der Waals surface area contributed by atoms with E-state index in [0.29, 0.717) is 5.65 Å². The molecule has 3 heteroatoms. The van der Waals surface area contributed by atoms with Gasteiger partial charge < -0.3 is 0 Å². The van der Waals surface area contributed by atoms with Crippen LogP contribution in [0.3, 0.4) is 0 Å². The number of aryl methyl sites for hydroxylation is 2. The van der Waals surface area contributed by atoms with Crippen molar-refractivity contribution in [3.8, 4) is 11.3 Å². The minimum Gasteiger partial charge on any atom is -0.298 e. The Bertz CT molecular complexity index is 804. The Balaban J connectivity index is 2.45. The van der Waals surface area contributed by atoms with E-state index in [-0.39, 0.29) is 5.56 Å². The number of nitrogens with zero attached hydrogens (tertiary/aromatic N) is 2. The normalized spacial score (nSPS) is 10.8. The molecule has 3 aromatic rings. The van der Waals surface area contributed by atoms with Crippen LogP contribution in [0.4, 0.5) is 0 Å². The predicted octanol–water partition coefficient (Wildman–Crippen LogP) is 2.98. The van der Waals surface area contributed by atoms with Crippen LogP contribution in [0.5, 0.6) is 0 Å². The number of fused-ring (bicyclic) bond motifs is 1. The SMILES string of the molecule is Cc1cc(C)n2c(-c3ccccc3)cc(=O)nc2c1. The molecule has 0 amide bonds. The highest BCUT2D eigenvalue weighted by molar-refractivity contribution is 5.63. The average molecular weight is 250 g/mol. The lowest BCUT2D eigenvalue weighted by atomic mass is 10.1. The van der Waals surface area contributed by atoms with E-state index in [1.165, 1.54) is 0 Å². The molecule has 0 unspecified atom stereocenters. The predicted molar refractivity (Wildman–Crippen MR) is 76.4 cm³/mol. The molecule has 2 heterocycles. The first-order valence-electron chi connectivity index (χ1n) is 6.21. The Morgan fingerprint density at radius 2 is 1.74 bits per heavy atom. The van der Waals surface area contributed by atoms with Crippen LogP contribution < -0.4 is 5.56 Å². The van der Waals surface area contributed by atoms with Crippen LogP contribution in [0.15, 0.2) is 53.3 Å². The lowest BCUT2D eigenvalue weighted by Gasteiger charge is -2.12. The molecular weight excluding hydrogens is 236 g/mol. The molecule has 19 heavy (non-hydrogen) atoms. The van der Waals surface area contributed by atoms with Crippen molar-refractivity contribution in [2.75, 3.05) is 0 Å². The Labute approximate surface area is 111 Å². The third-order valence-electron chi connectivity index (χ3n) is 3.17. The number of hydrogen-bond acceptors (Lipinski definition) is 2. The first kappa shape index (κ1) is 11.7. The maximum atomic E-state index is 11.8. The first-order valence-corrected chi connectivity index (χ1v) is 6.21. The van der Waals surface area contributed by atoms with Crippen molar-refractivity contribution in [2.45, 2.75) is 13.8 Å². The Kier molecular flexibility index (Phi) is 2.67. The molecule has 3 rings (SSSR count). The van der Waals surface area contributed by atoms with Gasteiger partial charge in [0.2, 0.25) is 0 Å². The van der Waals surface area contributed by atoms with Gasteiger partial charge in [-0.15, -0.1) is 0 Å². The average Bonchev–Trinajstić information content (AvgIpc) is 2.38. The summed E-state index contributed by atoms with van der Waals surface area (Å²) in [4.78, 5) is 15.9. The topological polar surface area (TPSA) is 34.4 Å². The van der Waals surface area contributed by atoms with Gasteiger partial charge in [-0.05, 0) is 37.1 Å². The summed E-state index contributed by atoms with van der Waals surface area (Å²) in [6.45, 7) is 4.03. The molecule has 0 aliphatic carbocycles. The minimum absolute atomic E-state index is 0.205. The first-order chi connectivity index (χ1) is 9.15. The van der Waals surface area contributed by atoms with Crippen LogP contribution >= 0.6 is 0 Å². The zero-order chi connectivity index (χ0) is 13.4. The van der Waals surface area contributed by atoms with Crippen LogP contribution in [0.25, 0.3) is 16.9 Å². The van der Waals surface area contributed by atoms with Crippen molar-refractivity contribution < 1.29 is 0 Å². The molecule has 0 bridgehead atoms. The Hall–Kier alpha value is -2.42. The van der Waals surface area contributed by atoms with Crippen molar-refractivity contribution >= 4 is 5.65 Å². The van der Waals surface area contributed by atoms with Gasteiger partial charge in [0.1, 0.15) is 5.65 Å². The van der Waals surface area contributed by atoms with Crippen molar-refractivity contribution in [3.63, 3.8) is 0 Å². The summed E-state index contributed by atoms with van der Waals surface area (Å²) in [6.07, 6.45) is 0. The number of benzene rings is 1. The molecule has 0 saturated heterocycles. The fraction of sp³-hybridized carbons (Fsp3) is 0.125. The molecular formula is C16H14N2O. The lowest BCUT2D eigenvalue weighted by molar-refractivity contribution is 1.02. The van der Waals surface area contributed by atoms with E-state index in [4.69, 9.17) is 0 Å². The standard InChI is InChI=1S/C16H14N2O/c1-11-8-12(2)18-14(13-6-4-3-5-7-13)10-16(19)17-15(18)9-11/h3-10H,1-2H3. The summed E-state index contributed by atoms with van der Waals surface area (Å²) >= 11 is 0. The molecule has 2 aromatic heterocycles. The van der Waals surface area contributed by atoms with Crippen LogP contribution in [0.2, 0.25) is 0 Å². The van der Waals surface area contributed by atoms with Crippen LogP contribution in [-0.4, -0.2) is 9.38 Å². The second-order valence-electron chi connectivity index (χ2n) is 4.71. The highest BCUT2D eigenvalue weighted by Gasteiger charge is 2.07. The molecule has 0 N–H and O–H groups in total. The Morgan fingerprint density at radius 3 is 2.47 bits per heavy atom. The van der Waals surface area contributed by atoms with E-state index in [9.17, 15) is 4.79 Å². The summed E-state index contributed by atoms with van der Waals surface area (Å²) in [7, 11) is 0. The maximum absolute atomic E-state index is 11.8. The zero-order valence-corrected chi connectivity index (χ0v) is 10.9. The number of aromatic nitrogens is 2. The van der Waals surface area contributed by atoms with Gasteiger partial charge in [0.25, 0.3) is 5.56 Å². The van der Waals surface area contributed by atoms with Gasteiger partial charge in [0, 0.05) is 11.8 Å². The second kappa shape index (κ2) is 4.35. The fourth-order valence-corrected chi connectivity index (χ4v) is 2.43. The summed E-state index contributed by atoms with van der Waals surface area (Å²) in [5.41, 5.74) is 4.57. The van der Waals surface area contributed by atoms with Crippen LogP contribution in [0, 0.1) is 13.8 Å². The van der Waals surface area contributed by atoms with E-state index in [1.54, 1.807) is 6.07 Å². The highest BCUT2D eigenvalue weighted by Crippen LogP contribution is 2.20. The van der Waals surface area contributed by atoms with E-state index in [2.05, 4.69) is 11.1 Å². The number of pyridine rings is 1. The van der Waals surface area contributed by atoms with Gasteiger partial charge in [0.05, 0.1) is 5.69 Å². The molecule has 0 aliphatic rings. The van der Waals surface area contributed by atoms with E-state index >= 15 is 0 Å². The summed E-state index contributed by atoms with van der Waals surface area (Å²) < 4.78 is 2.02. The van der Waals surface area contributed by atoms with Crippen molar-refractivity contribution in [1.82, 2.24) is 9.38 Å². The quantitative estimate of drug-likeness (QED) is 0.665. The van der Waals surface area contributed by atoms with Gasteiger partial charge in [-0.1, -0.05) is 30.3 Å². The lowest BCUT2D eigenvalue weighted by Crippen LogP contribution is -2.12. The van der Waals surface area contributed by atoms with Crippen LogP contribution in [0.1, 0.15) is 11.3 Å². The summed E-state index contributed by atoms with van der Waals surface area (Å²) in [5.74, 6) is 0. The molecule has 94 valence electrons. The van der Waals surface area contributed by atoms with Gasteiger partial charge in [-0.3, -0.25) is 9.20 Å². The number of rotatable bonds is 1. The molecule has 3 nitrogen and oxygen atoms in total. The smallest absolute Gasteiger partial charge is 0.273 e. The maximum Gasteiger partial charge on any atom is 0.273 e. The molecule has 0 fully saturated rings. The molecule has 0 spiro atoms. The summed E-state index contributed by atoms with van der Waals surface area (Å²) in [6, 6.07) is 15.5. The molecule has 0 atom stereocenters. The van der Waals surface area contributed by atoms with E-state index in [1.807, 2.05) is 54.6 Å². The highest BCUT2D eigenvalue weighted by atomic mass is 16.1. The molecule has 0 radical (unpaired) electrons.